The van der Waals surface area contributed by atoms with Crippen LogP contribution in [0.2, 0.25) is 0 Å². The minimum atomic E-state index is -2.65. The van der Waals surface area contributed by atoms with Crippen molar-refractivity contribution in [2.24, 2.45) is 5.41 Å². The third kappa shape index (κ3) is 3.56. The summed E-state index contributed by atoms with van der Waals surface area (Å²) in [6.07, 6.45) is -0.485. The van der Waals surface area contributed by atoms with E-state index in [1.165, 1.54) is 12.1 Å². The van der Waals surface area contributed by atoms with E-state index in [0.717, 1.165) is 5.56 Å². The van der Waals surface area contributed by atoms with Crippen LogP contribution in [0.3, 0.4) is 0 Å². The number of rotatable bonds is 3. The van der Waals surface area contributed by atoms with Crippen molar-refractivity contribution >= 4 is 8.25 Å². The van der Waals surface area contributed by atoms with E-state index in [9.17, 15) is 9.67 Å². The van der Waals surface area contributed by atoms with E-state index >= 15 is 0 Å². The fourth-order valence-electron chi connectivity index (χ4n) is 1.46. The highest BCUT2D eigenvalue weighted by Crippen LogP contribution is 2.41. The second-order valence-electron chi connectivity index (χ2n) is 4.68. The summed E-state index contributed by atoms with van der Waals surface area (Å²) in [5.74, 6) is 0.157. The predicted molar refractivity (Wildman–Crippen MR) is 61.2 cm³/mol. The highest BCUT2D eigenvalue weighted by Gasteiger charge is 2.35. The van der Waals surface area contributed by atoms with Gasteiger partial charge >= 0.3 is 8.25 Å². The lowest BCUT2D eigenvalue weighted by atomic mass is 9.85. The van der Waals surface area contributed by atoms with Crippen molar-refractivity contribution in [1.82, 2.24) is 0 Å². The van der Waals surface area contributed by atoms with Crippen LogP contribution >= 0.6 is 8.25 Å². The topological polar surface area (TPSA) is 66.8 Å². The molecule has 1 rings (SSSR count). The lowest BCUT2D eigenvalue weighted by Gasteiger charge is -2.25. The van der Waals surface area contributed by atoms with Gasteiger partial charge in [-0.2, -0.15) is 0 Å². The molecule has 2 atom stereocenters. The maximum Gasteiger partial charge on any atom is 0.695 e. The Balaban J connectivity index is 3.01. The molecular formula is C11H16O4P+. The number of phenols is 1. The minimum Gasteiger partial charge on any atom is -0.508 e. The van der Waals surface area contributed by atoms with E-state index in [4.69, 9.17) is 9.42 Å². The van der Waals surface area contributed by atoms with Crippen LogP contribution < -0.4 is 0 Å². The van der Waals surface area contributed by atoms with E-state index in [1.54, 1.807) is 12.1 Å². The quantitative estimate of drug-likeness (QED) is 0.800. The Morgan fingerprint density at radius 3 is 2.12 bits per heavy atom. The van der Waals surface area contributed by atoms with Gasteiger partial charge in [0.05, 0.1) is 0 Å². The average molecular weight is 243 g/mol. The number of benzene rings is 1. The van der Waals surface area contributed by atoms with Gasteiger partial charge in [0.1, 0.15) is 11.9 Å². The van der Waals surface area contributed by atoms with Crippen molar-refractivity contribution in [1.29, 1.82) is 0 Å². The zero-order valence-corrected chi connectivity index (χ0v) is 10.4. The van der Waals surface area contributed by atoms with Crippen LogP contribution in [0.4, 0.5) is 0 Å². The SMILES string of the molecule is CC(C)(C)C(O[P+](=O)O)c1ccc(O)cc1. The average Bonchev–Trinajstić information content (AvgIpc) is 2.14. The van der Waals surface area contributed by atoms with Gasteiger partial charge in [-0.15, -0.1) is 9.42 Å². The lowest BCUT2D eigenvalue weighted by Crippen LogP contribution is -2.19. The summed E-state index contributed by atoms with van der Waals surface area (Å²) in [5.41, 5.74) is 0.465. The third-order valence-electron chi connectivity index (χ3n) is 2.18. The summed E-state index contributed by atoms with van der Waals surface area (Å²) in [6.45, 7) is 5.76. The first-order chi connectivity index (χ1) is 7.30. The molecule has 5 heteroatoms. The summed E-state index contributed by atoms with van der Waals surface area (Å²) < 4.78 is 15.8. The number of hydrogen-bond donors (Lipinski definition) is 2. The molecule has 0 fully saturated rings. The Hall–Kier alpha value is -0.960. The Morgan fingerprint density at radius 1 is 1.25 bits per heavy atom. The first-order valence-corrected chi connectivity index (χ1v) is 6.05. The van der Waals surface area contributed by atoms with Crippen molar-refractivity contribution in [2.75, 3.05) is 0 Å². The molecule has 0 amide bonds. The molecule has 0 saturated heterocycles. The minimum absolute atomic E-state index is 0.157. The Labute approximate surface area is 95.8 Å². The highest BCUT2D eigenvalue weighted by atomic mass is 31.1. The predicted octanol–water partition coefficient (Wildman–Crippen LogP) is 3.15. The van der Waals surface area contributed by atoms with Gasteiger partial charge in [-0.25, -0.2) is 0 Å². The third-order valence-corrected chi connectivity index (χ3v) is 2.57. The van der Waals surface area contributed by atoms with Crippen LogP contribution in [-0.4, -0.2) is 10.00 Å². The molecule has 16 heavy (non-hydrogen) atoms. The number of aromatic hydroxyl groups is 1. The molecule has 0 aliphatic carbocycles. The van der Waals surface area contributed by atoms with Gasteiger partial charge in [0.15, 0.2) is 0 Å². The summed E-state index contributed by atoms with van der Waals surface area (Å²) in [6, 6.07) is 6.43. The summed E-state index contributed by atoms with van der Waals surface area (Å²) in [4.78, 5) is 8.84. The van der Waals surface area contributed by atoms with E-state index in [0.29, 0.717) is 0 Å². The second kappa shape index (κ2) is 4.91. The Bertz CT molecular complexity index is 367. The van der Waals surface area contributed by atoms with Crippen molar-refractivity contribution in [2.45, 2.75) is 26.9 Å². The maximum absolute atomic E-state index is 10.8. The molecule has 0 aliphatic rings. The first kappa shape index (κ1) is 13.1. The van der Waals surface area contributed by atoms with E-state index in [-0.39, 0.29) is 11.2 Å². The van der Waals surface area contributed by atoms with Crippen molar-refractivity contribution in [3.63, 3.8) is 0 Å². The lowest BCUT2D eigenvalue weighted by molar-refractivity contribution is 0.0824. The van der Waals surface area contributed by atoms with Crippen LogP contribution in [0.25, 0.3) is 0 Å². The first-order valence-electron chi connectivity index (χ1n) is 4.92. The van der Waals surface area contributed by atoms with Gasteiger partial charge in [-0.1, -0.05) is 32.9 Å². The molecule has 0 aliphatic heterocycles. The smallest absolute Gasteiger partial charge is 0.508 e. The van der Waals surface area contributed by atoms with Crippen LogP contribution in [-0.2, 0) is 9.09 Å². The molecule has 1 aromatic rings. The Kier molecular flexibility index (Phi) is 4.03. The summed E-state index contributed by atoms with van der Waals surface area (Å²) in [5, 5.41) is 9.18. The molecule has 0 radical (unpaired) electrons. The molecule has 2 unspecified atom stereocenters. The molecule has 4 nitrogen and oxygen atoms in total. The van der Waals surface area contributed by atoms with E-state index < -0.39 is 14.4 Å². The fourth-order valence-corrected chi connectivity index (χ4v) is 2.08. The van der Waals surface area contributed by atoms with Gasteiger partial charge in [-0.3, -0.25) is 0 Å². The van der Waals surface area contributed by atoms with Crippen molar-refractivity contribution in [3.8, 4) is 5.75 Å². The summed E-state index contributed by atoms with van der Waals surface area (Å²) >= 11 is 0. The molecule has 0 heterocycles. The summed E-state index contributed by atoms with van der Waals surface area (Å²) in [7, 11) is -2.65. The molecule has 0 bridgehead atoms. The van der Waals surface area contributed by atoms with E-state index in [1.807, 2.05) is 20.8 Å². The zero-order valence-electron chi connectivity index (χ0n) is 9.54. The highest BCUT2D eigenvalue weighted by molar-refractivity contribution is 7.32. The van der Waals surface area contributed by atoms with Crippen molar-refractivity contribution in [3.05, 3.63) is 29.8 Å². The largest absolute Gasteiger partial charge is 0.695 e. The normalized spacial score (nSPS) is 14.6. The molecule has 0 aromatic heterocycles. The van der Waals surface area contributed by atoms with Gasteiger partial charge in [0.2, 0.25) is 0 Å². The molecule has 0 spiro atoms. The van der Waals surface area contributed by atoms with Gasteiger partial charge < -0.3 is 5.11 Å². The standard InChI is InChI=1S/C11H15O4P/c1-11(2,3)10(15-16(13)14)8-4-6-9(12)7-5-8/h4-7,10H,1-3H3,(H-,12,13,14)/p+1. The fraction of sp³-hybridized carbons (Fsp3) is 0.455. The van der Waals surface area contributed by atoms with E-state index in [2.05, 4.69) is 0 Å². The van der Waals surface area contributed by atoms with Crippen LogP contribution in [0.1, 0.15) is 32.4 Å². The zero-order chi connectivity index (χ0) is 12.3. The van der Waals surface area contributed by atoms with Crippen LogP contribution in [0.5, 0.6) is 5.75 Å². The molecular weight excluding hydrogens is 227 g/mol. The molecule has 1 aromatic carbocycles. The van der Waals surface area contributed by atoms with Crippen LogP contribution in [0, 0.1) is 5.41 Å². The molecule has 2 N–H and O–H groups in total. The van der Waals surface area contributed by atoms with Gasteiger partial charge in [-0.05, 0) is 23.1 Å². The number of phenolic OH excluding ortho intramolecular Hbond substituents is 1. The van der Waals surface area contributed by atoms with Crippen molar-refractivity contribution < 1.29 is 19.1 Å². The molecule has 88 valence electrons. The molecule has 0 saturated carbocycles. The van der Waals surface area contributed by atoms with Gasteiger partial charge in [0.25, 0.3) is 0 Å². The van der Waals surface area contributed by atoms with Gasteiger partial charge in [0, 0.05) is 4.57 Å². The second-order valence-corrected chi connectivity index (χ2v) is 5.37. The number of hydrogen-bond acceptors (Lipinski definition) is 3. The van der Waals surface area contributed by atoms with Crippen LogP contribution in [0.15, 0.2) is 24.3 Å². The maximum atomic E-state index is 10.8. The monoisotopic (exact) mass is 243 g/mol. The Morgan fingerprint density at radius 2 is 1.75 bits per heavy atom.